The van der Waals surface area contributed by atoms with Crippen molar-refractivity contribution in [1.29, 1.82) is 0 Å². The Morgan fingerprint density at radius 3 is 0.636 bits per heavy atom. The van der Waals surface area contributed by atoms with Crippen LogP contribution in [0.5, 0.6) is 0 Å². The van der Waals surface area contributed by atoms with Gasteiger partial charge in [-0.2, -0.15) is 0 Å². The third kappa shape index (κ3) is 401. The molecule has 0 atom stereocenters. The fourth-order valence-corrected chi connectivity index (χ4v) is 0. The van der Waals surface area contributed by atoms with Gasteiger partial charge in [0.1, 0.15) is 0 Å². The summed E-state index contributed by atoms with van der Waals surface area (Å²) in [6, 6.07) is 0. The molecule has 6 N–H and O–H groups in total. The van der Waals surface area contributed by atoms with E-state index in [2.05, 4.69) is 23.6 Å². The van der Waals surface area contributed by atoms with Crippen LogP contribution < -0.4 is 0 Å². The molecular formula is H6O6P2S2V. The Bertz CT molecular complexity index is 131. The molecule has 0 amide bonds. The molecule has 0 aromatic carbocycles. The molecule has 0 unspecified atom stereocenters. The van der Waals surface area contributed by atoms with E-state index in [1.165, 1.54) is 0 Å². The van der Waals surface area contributed by atoms with E-state index in [1.807, 2.05) is 0 Å². The standard InChI is InChI=1S/2H3O3PS.V/c2*1-4(2,3)5;/h2*(H3,1,2,3,5);. The van der Waals surface area contributed by atoms with Gasteiger partial charge in [0.15, 0.2) is 0 Å². The van der Waals surface area contributed by atoms with E-state index in [0.717, 1.165) is 0 Å². The zero-order chi connectivity index (χ0) is 9.00. The van der Waals surface area contributed by atoms with Gasteiger partial charge in [-0.15, -0.1) is 0 Å². The van der Waals surface area contributed by atoms with E-state index >= 15 is 0 Å². The Balaban J connectivity index is -0.000000107. The first-order valence-corrected chi connectivity index (χ1v) is 6.89. The SMILES string of the molecule is OP(O)(O)=S.OP(O)(O)=S.[V]. The van der Waals surface area contributed by atoms with Crippen molar-refractivity contribution >= 4 is 37.1 Å². The van der Waals surface area contributed by atoms with Crippen molar-refractivity contribution in [1.82, 2.24) is 0 Å². The normalized spacial score (nSPS) is 10.7. The van der Waals surface area contributed by atoms with Gasteiger partial charge in [-0.25, -0.2) is 0 Å². The molecular weight excluding hydrogens is 273 g/mol. The summed E-state index contributed by atoms with van der Waals surface area (Å²) in [7, 11) is 0. The van der Waals surface area contributed by atoms with Gasteiger partial charge in [0.05, 0.1) is 0 Å². The summed E-state index contributed by atoms with van der Waals surface area (Å²) in [4.78, 5) is 45.3. The molecule has 0 aliphatic heterocycles. The quantitative estimate of drug-likeness (QED) is 0.292. The van der Waals surface area contributed by atoms with Gasteiger partial charge in [-0.05, 0) is 23.6 Å². The van der Waals surface area contributed by atoms with E-state index in [0.29, 0.717) is 0 Å². The average Bonchev–Trinajstić information content (AvgIpc) is 1.12. The third-order valence-corrected chi connectivity index (χ3v) is 0. The van der Waals surface area contributed by atoms with E-state index < -0.39 is 13.4 Å². The van der Waals surface area contributed by atoms with Crippen LogP contribution in [0.1, 0.15) is 0 Å². The van der Waals surface area contributed by atoms with Crippen LogP contribution in [-0.4, -0.2) is 29.4 Å². The summed E-state index contributed by atoms with van der Waals surface area (Å²) in [5.41, 5.74) is 0. The minimum atomic E-state index is -3.81. The largest absolute Gasteiger partial charge is 0.325 e. The van der Waals surface area contributed by atoms with Crippen LogP contribution in [0.15, 0.2) is 0 Å². The van der Waals surface area contributed by atoms with Crippen LogP contribution in [0.3, 0.4) is 0 Å². The van der Waals surface area contributed by atoms with Crippen LogP contribution in [-0.2, 0) is 42.2 Å². The Morgan fingerprint density at radius 2 is 0.636 bits per heavy atom. The maximum Gasteiger partial charge on any atom is 0.319 e. The number of hydrogen-bond donors (Lipinski definition) is 6. The van der Waals surface area contributed by atoms with Crippen molar-refractivity contribution in [3.63, 3.8) is 0 Å². The molecule has 0 spiro atoms. The second-order valence-electron chi connectivity index (χ2n) is 1.03. The molecule has 0 aromatic rings. The van der Waals surface area contributed by atoms with Gasteiger partial charge in [-0.1, -0.05) is 0 Å². The van der Waals surface area contributed by atoms with Crippen LogP contribution in [0, 0.1) is 0 Å². The molecule has 0 saturated heterocycles. The van der Waals surface area contributed by atoms with Crippen LogP contribution in [0.25, 0.3) is 0 Å². The van der Waals surface area contributed by atoms with E-state index in [-0.39, 0.29) is 18.6 Å². The topological polar surface area (TPSA) is 121 Å². The van der Waals surface area contributed by atoms with Crippen LogP contribution in [0.4, 0.5) is 0 Å². The third-order valence-electron chi connectivity index (χ3n) is 0. The average molecular weight is 279 g/mol. The smallest absolute Gasteiger partial charge is 0.319 e. The number of hydrogen-bond acceptors (Lipinski definition) is 2. The fourth-order valence-electron chi connectivity index (χ4n) is 0. The zero-order valence-corrected chi connectivity index (χ0v) is 9.66. The van der Waals surface area contributed by atoms with Gasteiger partial charge in [0, 0.05) is 18.6 Å². The molecule has 0 saturated carbocycles. The predicted octanol–water partition coefficient (Wildman–Crippen LogP) is -1.63. The molecule has 1 radical (unpaired) electrons. The van der Waals surface area contributed by atoms with Crippen molar-refractivity contribution < 1.29 is 47.9 Å². The molecule has 0 aliphatic rings. The summed E-state index contributed by atoms with van der Waals surface area (Å²) in [6.45, 7) is -7.61. The van der Waals surface area contributed by atoms with Gasteiger partial charge in [-0.3, -0.25) is 0 Å². The summed E-state index contributed by atoms with van der Waals surface area (Å²) in [6.07, 6.45) is 0. The molecule has 0 aromatic heterocycles. The van der Waals surface area contributed by atoms with E-state index in [4.69, 9.17) is 29.4 Å². The Morgan fingerprint density at radius 1 is 0.636 bits per heavy atom. The minimum Gasteiger partial charge on any atom is -0.325 e. The molecule has 0 heterocycles. The molecule has 0 rings (SSSR count). The first-order valence-electron chi connectivity index (χ1n) is 1.57. The second kappa shape index (κ2) is 7.09. The maximum absolute atomic E-state index is 7.56. The molecule has 0 aliphatic carbocycles. The summed E-state index contributed by atoms with van der Waals surface area (Å²) in [5.74, 6) is 0. The van der Waals surface area contributed by atoms with Crippen LogP contribution in [0.2, 0.25) is 0 Å². The van der Waals surface area contributed by atoms with Gasteiger partial charge < -0.3 is 29.4 Å². The van der Waals surface area contributed by atoms with Crippen molar-refractivity contribution in [2.45, 2.75) is 0 Å². The minimum absolute atomic E-state index is 0. The monoisotopic (exact) mass is 279 g/mol. The van der Waals surface area contributed by atoms with Crippen molar-refractivity contribution in [2.75, 3.05) is 0 Å². The fraction of sp³-hybridized carbons (Fsp3) is 0. The zero-order valence-electron chi connectivity index (χ0n) is 4.84. The van der Waals surface area contributed by atoms with E-state index in [9.17, 15) is 0 Å². The van der Waals surface area contributed by atoms with Crippen LogP contribution >= 0.6 is 13.4 Å². The summed E-state index contributed by atoms with van der Waals surface area (Å²) < 4.78 is 0. The second-order valence-corrected chi connectivity index (χ2v) is 6.02. The Hall–Kier alpha value is 1.64. The van der Waals surface area contributed by atoms with Gasteiger partial charge in [0.25, 0.3) is 0 Å². The van der Waals surface area contributed by atoms with Crippen molar-refractivity contribution in [2.24, 2.45) is 0 Å². The Kier molecular flexibility index (Phi) is 11.9. The number of rotatable bonds is 0. The first kappa shape index (κ1) is 18.4. The summed E-state index contributed by atoms with van der Waals surface area (Å²) >= 11 is 7.21. The molecule has 69 valence electrons. The Labute approximate surface area is 84.9 Å². The maximum atomic E-state index is 7.56. The molecule has 0 bridgehead atoms. The summed E-state index contributed by atoms with van der Waals surface area (Å²) in [5, 5.41) is 0. The molecule has 0 fully saturated rings. The predicted molar refractivity (Wildman–Crippen MR) is 41.9 cm³/mol. The van der Waals surface area contributed by atoms with Crippen molar-refractivity contribution in [3.8, 4) is 0 Å². The molecule has 6 nitrogen and oxygen atoms in total. The van der Waals surface area contributed by atoms with Gasteiger partial charge >= 0.3 is 13.4 Å². The van der Waals surface area contributed by atoms with Gasteiger partial charge in [0.2, 0.25) is 0 Å². The molecule has 11 heteroatoms. The van der Waals surface area contributed by atoms with Crippen molar-refractivity contribution in [3.05, 3.63) is 0 Å². The first-order chi connectivity index (χ1) is 4.00. The molecule has 11 heavy (non-hydrogen) atoms. The van der Waals surface area contributed by atoms with E-state index in [1.54, 1.807) is 0 Å².